The first-order valence-electron chi connectivity index (χ1n) is 10.4. The highest BCUT2D eigenvalue weighted by Crippen LogP contribution is 2.42. The fourth-order valence-electron chi connectivity index (χ4n) is 3.63. The largest absolute Gasteiger partial charge is 0.493 e. The zero-order chi connectivity index (χ0) is 23.8. The molecule has 0 aromatic heterocycles. The standard InChI is InChI=1S/C21H26N2O3S.C2H2O4/c1-24-19-11-17(12-20-21(19)26-15-25-20)14-23-9-7-22(8-10-23)13-16-3-5-18(27-2)6-4-16;3-1(4)2(5)6/h3-6,11-12H,7-10,13-15H2,1-2H3;(H,3,4)(H,5,6). The van der Waals surface area contributed by atoms with Crippen molar-refractivity contribution >= 4 is 23.7 Å². The van der Waals surface area contributed by atoms with Gasteiger partial charge in [0.2, 0.25) is 12.5 Å². The summed E-state index contributed by atoms with van der Waals surface area (Å²) in [6.45, 7) is 6.52. The van der Waals surface area contributed by atoms with Crippen LogP contribution in [0.5, 0.6) is 17.2 Å². The van der Waals surface area contributed by atoms with Gasteiger partial charge in [0.15, 0.2) is 11.5 Å². The molecule has 2 aliphatic heterocycles. The second-order valence-electron chi connectivity index (χ2n) is 7.54. The van der Waals surface area contributed by atoms with Crippen molar-refractivity contribution in [3.05, 3.63) is 47.5 Å². The normalized spacial score (nSPS) is 15.5. The van der Waals surface area contributed by atoms with Crippen molar-refractivity contribution in [3.63, 3.8) is 0 Å². The molecule has 1 saturated heterocycles. The van der Waals surface area contributed by atoms with Crippen molar-refractivity contribution in [2.24, 2.45) is 0 Å². The summed E-state index contributed by atoms with van der Waals surface area (Å²) in [7, 11) is 1.67. The van der Waals surface area contributed by atoms with Crippen molar-refractivity contribution < 1.29 is 34.0 Å². The van der Waals surface area contributed by atoms with Crippen LogP contribution in [0.15, 0.2) is 41.3 Å². The van der Waals surface area contributed by atoms with Crippen LogP contribution in [0.25, 0.3) is 0 Å². The van der Waals surface area contributed by atoms with Gasteiger partial charge in [0, 0.05) is 44.2 Å². The number of fused-ring (bicyclic) bond motifs is 1. The molecule has 0 amide bonds. The average Bonchev–Trinajstić information content (AvgIpc) is 3.29. The molecule has 1 fully saturated rings. The highest BCUT2D eigenvalue weighted by molar-refractivity contribution is 7.98. The molecule has 178 valence electrons. The molecule has 10 heteroatoms. The number of carboxylic acid groups (broad SMARTS) is 2. The lowest BCUT2D eigenvalue weighted by Gasteiger charge is -2.34. The number of ether oxygens (including phenoxy) is 3. The molecule has 0 aliphatic carbocycles. The number of thioether (sulfide) groups is 1. The Balaban J connectivity index is 0.000000454. The molecule has 9 nitrogen and oxygen atoms in total. The zero-order valence-electron chi connectivity index (χ0n) is 18.7. The molecule has 0 atom stereocenters. The number of rotatable bonds is 6. The number of carboxylic acids is 2. The van der Waals surface area contributed by atoms with Crippen LogP contribution in [0, 0.1) is 0 Å². The summed E-state index contributed by atoms with van der Waals surface area (Å²) in [5, 5.41) is 14.8. The molecule has 2 aliphatic rings. The lowest BCUT2D eigenvalue weighted by molar-refractivity contribution is -0.159. The molecule has 2 aromatic carbocycles. The van der Waals surface area contributed by atoms with Gasteiger partial charge in [0.1, 0.15) is 0 Å². The van der Waals surface area contributed by atoms with Gasteiger partial charge in [-0.3, -0.25) is 9.80 Å². The van der Waals surface area contributed by atoms with Crippen LogP contribution < -0.4 is 14.2 Å². The highest BCUT2D eigenvalue weighted by atomic mass is 32.2. The van der Waals surface area contributed by atoms with Crippen molar-refractivity contribution in [3.8, 4) is 17.2 Å². The summed E-state index contributed by atoms with van der Waals surface area (Å²) in [5.74, 6) is -1.38. The molecule has 2 aromatic rings. The van der Waals surface area contributed by atoms with E-state index >= 15 is 0 Å². The van der Waals surface area contributed by atoms with Gasteiger partial charge in [0.25, 0.3) is 0 Å². The number of methoxy groups -OCH3 is 1. The maximum absolute atomic E-state index is 9.10. The predicted octanol–water partition coefficient (Wildman–Crippen LogP) is 2.62. The van der Waals surface area contributed by atoms with Gasteiger partial charge in [-0.15, -0.1) is 11.8 Å². The molecule has 0 saturated carbocycles. The number of hydrogen-bond donors (Lipinski definition) is 2. The summed E-state index contributed by atoms with van der Waals surface area (Å²) in [6, 6.07) is 13.1. The minimum absolute atomic E-state index is 0.270. The molecule has 2 heterocycles. The molecule has 0 bridgehead atoms. The summed E-state index contributed by atoms with van der Waals surface area (Å²) >= 11 is 1.79. The Morgan fingerprint density at radius 2 is 1.52 bits per heavy atom. The third-order valence-electron chi connectivity index (χ3n) is 5.34. The third-order valence-corrected chi connectivity index (χ3v) is 6.08. The molecule has 0 unspecified atom stereocenters. The molecule has 2 N–H and O–H groups in total. The van der Waals surface area contributed by atoms with E-state index < -0.39 is 11.9 Å². The Hall–Kier alpha value is -2.95. The fourth-order valence-corrected chi connectivity index (χ4v) is 4.04. The second kappa shape index (κ2) is 11.8. The number of piperazine rings is 1. The fraction of sp³-hybridized carbons (Fsp3) is 0.391. The minimum Gasteiger partial charge on any atom is -0.493 e. The second-order valence-corrected chi connectivity index (χ2v) is 8.42. The smallest absolute Gasteiger partial charge is 0.414 e. The molecule has 33 heavy (non-hydrogen) atoms. The van der Waals surface area contributed by atoms with E-state index in [9.17, 15) is 0 Å². The minimum atomic E-state index is -1.82. The number of aliphatic carboxylic acids is 2. The Labute approximate surface area is 196 Å². The molecular formula is C23H28N2O7S. The summed E-state index contributed by atoms with van der Waals surface area (Å²) in [4.78, 5) is 24.5. The van der Waals surface area contributed by atoms with E-state index in [1.807, 2.05) is 0 Å². The van der Waals surface area contributed by atoms with Crippen molar-refractivity contribution in [1.82, 2.24) is 9.80 Å². The molecule has 0 radical (unpaired) electrons. The molecule has 0 spiro atoms. The van der Waals surface area contributed by atoms with Gasteiger partial charge in [-0.1, -0.05) is 12.1 Å². The van der Waals surface area contributed by atoms with Crippen molar-refractivity contribution in [2.45, 2.75) is 18.0 Å². The Morgan fingerprint density at radius 3 is 2.03 bits per heavy atom. The summed E-state index contributed by atoms with van der Waals surface area (Å²) in [6.07, 6.45) is 2.12. The topological polar surface area (TPSA) is 109 Å². The van der Waals surface area contributed by atoms with E-state index in [1.165, 1.54) is 16.0 Å². The van der Waals surface area contributed by atoms with E-state index in [0.717, 1.165) is 56.5 Å². The Bertz CT molecular complexity index is 948. The van der Waals surface area contributed by atoms with Crippen LogP contribution in [0.2, 0.25) is 0 Å². The van der Waals surface area contributed by atoms with Gasteiger partial charge in [-0.25, -0.2) is 9.59 Å². The molecular weight excluding hydrogens is 448 g/mol. The zero-order valence-corrected chi connectivity index (χ0v) is 19.5. The summed E-state index contributed by atoms with van der Waals surface area (Å²) in [5.41, 5.74) is 2.60. The van der Waals surface area contributed by atoms with Gasteiger partial charge >= 0.3 is 11.9 Å². The van der Waals surface area contributed by atoms with Crippen LogP contribution in [0.3, 0.4) is 0 Å². The number of hydrogen-bond acceptors (Lipinski definition) is 8. The van der Waals surface area contributed by atoms with E-state index in [4.69, 9.17) is 34.0 Å². The maximum atomic E-state index is 9.10. The first-order valence-corrected chi connectivity index (χ1v) is 11.6. The van der Waals surface area contributed by atoms with Crippen LogP contribution in [0.1, 0.15) is 11.1 Å². The van der Waals surface area contributed by atoms with Crippen LogP contribution in [0.4, 0.5) is 0 Å². The van der Waals surface area contributed by atoms with Crippen LogP contribution in [-0.2, 0) is 22.7 Å². The van der Waals surface area contributed by atoms with Crippen LogP contribution in [-0.4, -0.2) is 78.3 Å². The summed E-state index contributed by atoms with van der Waals surface area (Å²) < 4.78 is 16.5. The molecule has 4 rings (SSSR count). The Morgan fingerprint density at radius 1 is 0.939 bits per heavy atom. The van der Waals surface area contributed by atoms with Crippen LogP contribution >= 0.6 is 11.8 Å². The van der Waals surface area contributed by atoms with E-state index in [-0.39, 0.29) is 6.79 Å². The van der Waals surface area contributed by atoms with E-state index in [0.29, 0.717) is 0 Å². The average molecular weight is 477 g/mol. The van der Waals surface area contributed by atoms with Gasteiger partial charge in [-0.05, 0) is 41.6 Å². The van der Waals surface area contributed by atoms with Gasteiger partial charge < -0.3 is 24.4 Å². The first-order chi connectivity index (χ1) is 15.9. The SMILES string of the molecule is COc1cc(CN2CCN(Cc3ccc(SC)cc3)CC2)cc2c1OCO2.O=C(O)C(=O)O. The maximum Gasteiger partial charge on any atom is 0.414 e. The Kier molecular flexibility index (Phi) is 8.81. The van der Waals surface area contributed by atoms with Crippen molar-refractivity contribution in [2.75, 3.05) is 46.3 Å². The van der Waals surface area contributed by atoms with E-state index in [1.54, 1.807) is 18.9 Å². The van der Waals surface area contributed by atoms with Gasteiger partial charge in [-0.2, -0.15) is 0 Å². The van der Waals surface area contributed by atoms with Gasteiger partial charge in [0.05, 0.1) is 7.11 Å². The quantitative estimate of drug-likeness (QED) is 0.477. The lowest BCUT2D eigenvalue weighted by atomic mass is 10.1. The number of benzene rings is 2. The predicted molar refractivity (Wildman–Crippen MR) is 123 cm³/mol. The highest BCUT2D eigenvalue weighted by Gasteiger charge is 2.22. The number of carbonyl (C=O) groups is 2. The monoisotopic (exact) mass is 476 g/mol. The lowest BCUT2D eigenvalue weighted by Crippen LogP contribution is -2.45. The first kappa shape index (κ1) is 24.7. The van der Waals surface area contributed by atoms with Crippen molar-refractivity contribution in [1.29, 1.82) is 0 Å². The third kappa shape index (κ3) is 7.01. The number of nitrogens with zero attached hydrogens (tertiary/aromatic N) is 2. The van der Waals surface area contributed by atoms with E-state index in [2.05, 4.69) is 52.5 Å².